The zero-order valence-corrected chi connectivity index (χ0v) is 15.1. The highest BCUT2D eigenvalue weighted by molar-refractivity contribution is 6.02. The van der Waals surface area contributed by atoms with E-state index in [1.807, 2.05) is 31.2 Å². The van der Waals surface area contributed by atoms with E-state index in [4.69, 9.17) is 14.2 Å². The third kappa shape index (κ3) is 4.09. The van der Waals surface area contributed by atoms with E-state index in [0.29, 0.717) is 22.9 Å². The SMILES string of the molecule is Cc1cc(Oc2ncccn2)ccc1NC(=O)C=Cc1ccc2c(c1)OCO2. The molecule has 4 rings (SSSR count). The number of aromatic nitrogens is 2. The molecule has 3 aromatic rings. The van der Waals surface area contributed by atoms with Gasteiger partial charge in [0.2, 0.25) is 12.7 Å². The number of amides is 1. The number of carbonyl (C=O) groups is 1. The highest BCUT2D eigenvalue weighted by Gasteiger charge is 2.12. The van der Waals surface area contributed by atoms with Gasteiger partial charge in [-0.15, -0.1) is 0 Å². The Morgan fingerprint density at radius 1 is 1.11 bits per heavy atom. The minimum Gasteiger partial charge on any atom is -0.454 e. The molecule has 0 aliphatic carbocycles. The average Bonchev–Trinajstić information content (AvgIpc) is 3.17. The molecule has 0 atom stereocenters. The summed E-state index contributed by atoms with van der Waals surface area (Å²) in [5, 5.41) is 2.86. The third-order valence-corrected chi connectivity index (χ3v) is 4.03. The first-order valence-electron chi connectivity index (χ1n) is 8.62. The molecule has 140 valence electrons. The number of anilines is 1. The number of nitrogens with zero attached hydrogens (tertiary/aromatic N) is 2. The van der Waals surface area contributed by atoms with Crippen molar-refractivity contribution in [3.63, 3.8) is 0 Å². The normalized spacial score (nSPS) is 12.2. The van der Waals surface area contributed by atoms with Gasteiger partial charge in [-0.1, -0.05) is 6.07 Å². The Labute approximate surface area is 161 Å². The number of ether oxygens (including phenoxy) is 3. The van der Waals surface area contributed by atoms with Gasteiger partial charge in [-0.25, -0.2) is 9.97 Å². The molecule has 0 unspecified atom stereocenters. The van der Waals surface area contributed by atoms with Crippen LogP contribution in [0.5, 0.6) is 23.3 Å². The van der Waals surface area contributed by atoms with Crippen LogP contribution in [-0.2, 0) is 4.79 Å². The summed E-state index contributed by atoms with van der Waals surface area (Å²) in [5.41, 5.74) is 2.41. The van der Waals surface area contributed by atoms with Crippen molar-refractivity contribution >= 4 is 17.7 Å². The second kappa shape index (κ2) is 7.79. The van der Waals surface area contributed by atoms with E-state index in [1.165, 1.54) is 6.08 Å². The molecule has 2 aromatic carbocycles. The number of aryl methyl sites for hydroxylation is 1. The Morgan fingerprint density at radius 3 is 2.75 bits per heavy atom. The van der Waals surface area contributed by atoms with Gasteiger partial charge in [-0.05, 0) is 60.5 Å². The van der Waals surface area contributed by atoms with Gasteiger partial charge in [0, 0.05) is 24.2 Å². The van der Waals surface area contributed by atoms with E-state index in [1.54, 1.807) is 36.7 Å². The Morgan fingerprint density at radius 2 is 1.93 bits per heavy atom. The lowest BCUT2D eigenvalue weighted by atomic mass is 10.1. The zero-order chi connectivity index (χ0) is 19.3. The van der Waals surface area contributed by atoms with Gasteiger partial charge in [0.1, 0.15) is 5.75 Å². The third-order valence-electron chi connectivity index (χ3n) is 4.03. The molecule has 0 saturated heterocycles. The highest BCUT2D eigenvalue weighted by atomic mass is 16.7. The van der Waals surface area contributed by atoms with Crippen molar-refractivity contribution in [2.75, 3.05) is 12.1 Å². The van der Waals surface area contributed by atoms with Gasteiger partial charge < -0.3 is 19.5 Å². The van der Waals surface area contributed by atoms with Crippen molar-refractivity contribution in [1.29, 1.82) is 0 Å². The summed E-state index contributed by atoms with van der Waals surface area (Å²) < 4.78 is 16.2. The van der Waals surface area contributed by atoms with Crippen molar-refractivity contribution in [3.8, 4) is 23.3 Å². The van der Waals surface area contributed by atoms with Gasteiger partial charge >= 0.3 is 6.01 Å². The molecule has 1 amide bonds. The molecule has 0 radical (unpaired) electrons. The standard InChI is InChI=1S/C21H17N3O4/c1-14-11-16(28-21-22-9-2-10-23-21)5-6-17(14)24-20(25)8-4-15-3-7-18-19(12-15)27-13-26-18/h2-12H,13H2,1H3,(H,24,25). The number of rotatable bonds is 5. The van der Waals surface area contributed by atoms with E-state index >= 15 is 0 Å². The summed E-state index contributed by atoms with van der Waals surface area (Å²) in [6, 6.07) is 12.8. The number of hydrogen-bond acceptors (Lipinski definition) is 6. The Bertz CT molecular complexity index is 1040. The second-order valence-electron chi connectivity index (χ2n) is 6.05. The van der Waals surface area contributed by atoms with Crippen LogP contribution in [0.15, 0.2) is 60.9 Å². The molecule has 0 fully saturated rings. The van der Waals surface area contributed by atoms with Crippen molar-refractivity contribution in [1.82, 2.24) is 9.97 Å². The number of nitrogens with one attached hydrogen (secondary N) is 1. The lowest BCUT2D eigenvalue weighted by Crippen LogP contribution is -2.09. The van der Waals surface area contributed by atoms with Crippen LogP contribution < -0.4 is 19.5 Å². The number of carbonyl (C=O) groups excluding carboxylic acids is 1. The first kappa shape index (κ1) is 17.5. The van der Waals surface area contributed by atoms with E-state index in [-0.39, 0.29) is 18.7 Å². The number of benzene rings is 2. The predicted octanol–water partition coefficient (Wildman–Crippen LogP) is 3.96. The van der Waals surface area contributed by atoms with E-state index in [0.717, 1.165) is 11.1 Å². The van der Waals surface area contributed by atoms with E-state index < -0.39 is 0 Å². The number of hydrogen-bond donors (Lipinski definition) is 1. The van der Waals surface area contributed by atoms with Gasteiger partial charge in [-0.3, -0.25) is 4.79 Å². The highest BCUT2D eigenvalue weighted by Crippen LogP contribution is 2.32. The van der Waals surface area contributed by atoms with Crippen LogP contribution in [0, 0.1) is 6.92 Å². The summed E-state index contributed by atoms with van der Waals surface area (Å²) in [6.45, 7) is 2.11. The summed E-state index contributed by atoms with van der Waals surface area (Å²) in [6.07, 6.45) is 6.41. The molecule has 28 heavy (non-hydrogen) atoms. The summed E-state index contributed by atoms with van der Waals surface area (Å²) >= 11 is 0. The fraction of sp³-hybridized carbons (Fsp3) is 0.0952. The van der Waals surface area contributed by atoms with Gasteiger partial charge in [0.15, 0.2) is 11.5 Å². The fourth-order valence-corrected chi connectivity index (χ4v) is 2.65. The molecule has 1 N–H and O–H groups in total. The van der Waals surface area contributed by atoms with Gasteiger partial charge in [0.25, 0.3) is 0 Å². The van der Waals surface area contributed by atoms with Crippen molar-refractivity contribution < 1.29 is 19.0 Å². The van der Waals surface area contributed by atoms with Crippen LogP contribution in [0.25, 0.3) is 6.08 Å². The zero-order valence-electron chi connectivity index (χ0n) is 15.1. The summed E-state index contributed by atoms with van der Waals surface area (Å²) in [7, 11) is 0. The molecule has 1 aliphatic rings. The Kier molecular flexibility index (Phi) is 4.88. The minimum atomic E-state index is -0.235. The quantitative estimate of drug-likeness (QED) is 0.680. The van der Waals surface area contributed by atoms with Crippen LogP contribution in [-0.4, -0.2) is 22.7 Å². The molecular weight excluding hydrogens is 358 g/mol. The average molecular weight is 375 g/mol. The maximum absolute atomic E-state index is 12.2. The molecule has 0 saturated carbocycles. The monoisotopic (exact) mass is 375 g/mol. The van der Waals surface area contributed by atoms with Crippen LogP contribution in [0.3, 0.4) is 0 Å². The Balaban J connectivity index is 1.40. The first-order chi connectivity index (χ1) is 13.7. The maximum Gasteiger partial charge on any atom is 0.321 e. The molecular formula is C21H17N3O4. The number of fused-ring (bicyclic) bond motifs is 1. The van der Waals surface area contributed by atoms with Crippen molar-refractivity contribution in [3.05, 3.63) is 72.1 Å². The van der Waals surface area contributed by atoms with Crippen LogP contribution >= 0.6 is 0 Å². The van der Waals surface area contributed by atoms with E-state index in [2.05, 4.69) is 15.3 Å². The summed E-state index contributed by atoms with van der Waals surface area (Å²) in [4.78, 5) is 20.3. The van der Waals surface area contributed by atoms with Crippen molar-refractivity contribution in [2.24, 2.45) is 0 Å². The molecule has 0 spiro atoms. The van der Waals surface area contributed by atoms with Crippen LogP contribution in [0.1, 0.15) is 11.1 Å². The molecule has 2 heterocycles. The molecule has 7 heteroatoms. The topological polar surface area (TPSA) is 82.6 Å². The van der Waals surface area contributed by atoms with Crippen LogP contribution in [0.2, 0.25) is 0 Å². The predicted molar refractivity (Wildman–Crippen MR) is 104 cm³/mol. The molecule has 1 aliphatic heterocycles. The van der Waals surface area contributed by atoms with E-state index in [9.17, 15) is 4.79 Å². The summed E-state index contributed by atoms with van der Waals surface area (Å²) in [5.74, 6) is 1.75. The lowest BCUT2D eigenvalue weighted by molar-refractivity contribution is -0.111. The van der Waals surface area contributed by atoms with Gasteiger partial charge in [-0.2, -0.15) is 0 Å². The maximum atomic E-state index is 12.2. The molecule has 7 nitrogen and oxygen atoms in total. The van der Waals surface area contributed by atoms with Crippen molar-refractivity contribution in [2.45, 2.75) is 6.92 Å². The largest absolute Gasteiger partial charge is 0.454 e. The molecule has 0 bridgehead atoms. The van der Waals surface area contributed by atoms with Crippen LogP contribution in [0.4, 0.5) is 5.69 Å². The first-order valence-corrected chi connectivity index (χ1v) is 8.62. The smallest absolute Gasteiger partial charge is 0.321 e. The molecule has 1 aromatic heterocycles. The van der Waals surface area contributed by atoms with Gasteiger partial charge in [0.05, 0.1) is 0 Å². The lowest BCUT2D eigenvalue weighted by Gasteiger charge is -2.09. The fourth-order valence-electron chi connectivity index (χ4n) is 2.65. The second-order valence-corrected chi connectivity index (χ2v) is 6.05. The minimum absolute atomic E-state index is 0.221. The Hall–Kier alpha value is -3.87.